The number of sulfone groups is 1. The largest absolute Gasteiger partial charge is 0.339 e. The summed E-state index contributed by atoms with van der Waals surface area (Å²) in [6.07, 6.45) is 4.93. The van der Waals surface area contributed by atoms with Crippen LogP contribution in [0.5, 0.6) is 0 Å². The predicted molar refractivity (Wildman–Crippen MR) is 98.1 cm³/mol. The number of pyridine rings is 1. The number of carbonyl (C=O) groups is 1. The highest BCUT2D eigenvalue weighted by Gasteiger charge is 2.33. The van der Waals surface area contributed by atoms with Gasteiger partial charge in [0.2, 0.25) is 5.91 Å². The van der Waals surface area contributed by atoms with Gasteiger partial charge >= 0.3 is 0 Å². The first-order valence-electron chi connectivity index (χ1n) is 8.33. The first-order valence-corrected chi connectivity index (χ1v) is 11.0. The highest BCUT2D eigenvalue weighted by Crippen LogP contribution is 2.23. The molecule has 0 saturated carbocycles. The van der Waals surface area contributed by atoms with Crippen molar-refractivity contribution in [1.29, 1.82) is 0 Å². The molecule has 1 fully saturated rings. The number of nitrogens with zero attached hydrogens (tertiary/aromatic N) is 3. The minimum absolute atomic E-state index is 0.00487. The van der Waals surface area contributed by atoms with Crippen LogP contribution in [0.2, 0.25) is 0 Å². The van der Waals surface area contributed by atoms with Crippen molar-refractivity contribution in [3.63, 3.8) is 0 Å². The van der Waals surface area contributed by atoms with Crippen molar-refractivity contribution in [3.8, 4) is 11.3 Å². The fourth-order valence-corrected chi connectivity index (χ4v) is 5.64. The van der Waals surface area contributed by atoms with E-state index in [-0.39, 0.29) is 23.5 Å². The Morgan fingerprint density at radius 1 is 1.36 bits per heavy atom. The Morgan fingerprint density at radius 2 is 2.12 bits per heavy atom. The maximum absolute atomic E-state index is 12.5. The van der Waals surface area contributed by atoms with Gasteiger partial charge in [0.05, 0.1) is 22.2 Å². The molecule has 0 aliphatic carbocycles. The van der Waals surface area contributed by atoms with Crippen molar-refractivity contribution in [1.82, 2.24) is 14.9 Å². The van der Waals surface area contributed by atoms with Crippen molar-refractivity contribution in [3.05, 3.63) is 34.9 Å². The zero-order valence-corrected chi connectivity index (χ0v) is 15.7. The van der Waals surface area contributed by atoms with Gasteiger partial charge in [0.25, 0.3) is 0 Å². The maximum atomic E-state index is 12.5. The molecule has 8 heteroatoms. The summed E-state index contributed by atoms with van der Waals surface area (Å²) < 4.78 is 23.3. The first kappa shape index (κ1) is 18.0. The van der Waals surface area contributed by atoms with E-state index in [0.717, 1.165) is 16.3 Å². The minimum atomic E-state index is -2.99. The Kier molecular flexibility index (Phi) is 5.48. The third-order valence-electron chi connectivity index (χ3n) is 4.39. The van der Waals surface area contributed by atoms with E-state index in [2.05, 4.69) is 9.97 Å². The molecular weight excluding hydrogens is 358 g/mol. The van der Waals surface area contributed by atoms with Gasteiger partial charge in [-0.05, 0) is 25.5 Å². The SMILES string of the molecule is CCN(C(=O)CCc1nc(-c2ccncc2)cs1)C1CCS(=O)(=O)C1. The van der Waals surface area contributed by atoms with Crippen LogP contribution in [-0.2, 0) is 21.1 Å². The third kappa shape index (κ3) is 4.43. The molecule has 1 aliphatic heterocycles. The summed E-state index contributed by atoms with van der Waals surface area (Å²) in [6, 6.07) is 3.64. The van der Waals surface area contributed by atoms with Gasteiger partial charge in [0.1, 0.15) is 0 Å². The molecular formula is C17H21N3O3S2. The molecule has 1 unspecified atom stereocenters. The lowest BCUT2D eigenvalue weighted by Crippen LogP contribution is -2.41. The molecule has 1 aliphatic rings. The number of hydrogen-bond donors (Lipinski definition) is 0. The van der Waals surface area contributed by atoms with Gasteiger partial charge in [0, 0.05) is 48.8 Å². The second-order valence-corrected chi connectivity index (χ2v) is 9.27. The molecule has 0 radical (unpaired) electrons. The molecule has 6 nitrogen and oxygen atoms in total. The van der Waals surface area contributed by atoms with E-state index < -0.39 is 9.84 Å². The van der Waals surface area contributed by atoms with E-state index >= 15 is 0 Å². The Labute approximate surface area is 151 Å². The lowest BCUT2D eigenvalue weighted by molar-refractivity contribution is -0.132. The normalized spacial score (nSPS) is 19.0. The van der Waals surface area contributed by atoms with Crippen molar-refractivity contribution in [2.75, 3.05) is 18.1 Å². The number of aromatic nitrogens is 2. The van der Waals surface area contributed by atoms with Crippen LogP contribution in [0.25, 0.3) is 11.3 Å². The van der Waals surface area contributed by atoms with Gasteiger partial charge in [-0.2, -0.15) is 0 Å². The van der Waals surface area contributed by atoms with E-state index in [4.69, 9.17) is 0 Å². The summed E-state index contributed by atoms with van der Waals surface area (Å²) in [6.45, 7) is 2.44. The molecule has 0 spiro atoms. The quantitative estimate of drug-likeness (QED) is 0.768. The standard InChI is InChI=1S/C17H21N3O3S2/c1-2-20(14-7-10-25(22,23)12-14)17(21)4-3-16-19-15(11-24-16)13-5-8-18-9-6-13/h5-6,8-9,11,14H,2-4,7,10,12H2,1H3. The summed E-state index contributed by atoms with van der Waals surface area (Å²) in [5, 5.41) is 2.89. The summed E-state index contributed by atoms with van der Waals surface area (Å²) in [4.78, 5) is 22.8. The summed E-state index contributed by atoms with van der Waals surface area (Å²) in [5.74, 6) is 0.282. The lowest BCUT2D eigenvalue weighted by Gasteiger charge is -2.26. The number of rotatable bonds is 6. The Bertz CT molecular complexity index is 834. The minimum Gasteiger partial charge on any atom is -0.339 e. The fourth-order valence-electron chi connectivity index (χ4n) is 3.10. The smallest absolute Gasteiger partial charge is 0.223 e. The van der Waals surface area contributed by atoms with E-state index in [9.17, 15) is 13.2 Å². The second kappa shape index (κ2) is 7.61. The van der Waals surface area contributed by atoms with Crippen molar-refractivity contribution < 1.29 is 13.2 Å². The molecule has 134 valence electrons. The van der Waals surface area contributed by atoms with Crippen molar-refractivity contribution >= 4 is 27.1 Å². The monoisotopic (exact) mass is 379 g/mol. The van der Waals surface area contributed by atoms with Crippen LogP contribution >= 0.6 is 11.3 Å². The van der Waals surface area contributed by atoms with Crippen molar-refractivity contribution in [2.24, 2.45) is 0 Å². The molecule has 2 aromatic heterocycles. The second-order valence-electron chi connectivity index (χ2n) is 6.10. The molecule has 25 heavy (non-hydrogen) atoms. The summed E-state index contributed by atoms with van der Waals surface area (Å²) in [5.41, 5.74) is 1.90. The van der Waals surface area contributed by atoms with Crippen LogP contribution in [0.1, 0.15) is 24.8 Å². The lowest BCUT2D eigenvalue weighted by atomic mass is 10.2. The van der Waals surface area contributed by atoms with Crippen LogP contribution in [0, 0.1) is 0 Å². The average Bonchev–Trinajstić information content (AvgIpc) is 3.21. The molecule has 0 bridgehead atoms. The summed E-state index contributed by atoms with van der Waals surface area (Å²) >= 11 is 1.54. The molecule has 1 saturated heterocycles. The zero-order valence-electron chi connectivity index (χ0n) is 14.1. The first-order chi connectivity index (χ1) is 12.0. The molecule has 0 N–H and O–H groups in total. The highest BCUT2D eigenvalue weighted by molar-refractivity contribution is 7.91. The van der Waals surface area contributed by atoms with Gasteiger partial charge in [0.15, 0.2) is 9.84 Å². The maximum Gasteiger partial charge on any atom is 0.223 e. The predicted octanol–water partition coefficient (Wildman–Crippen LogP) is 2.17. The fraction of sp³-hybridized carbons (Fsp3) is 0.471. The highest BCUT2D eigenvalue weighted by atomic mass is 32.2. The van der Waals surface area contributed by atoms with E-state index in [1.54, 1.807) is 17.3 Å². The number of amides is 1. The molecule has 1 atom stereocenters. The third-order valence-corrected chi connectivity index (χ3v) is 7.05. The number of hydrogen-bond acceptors (Lipinski definition) is 6. The van der Waals surface area contributed by atoms with Crippen LogP contribution in [0.15, 0.2) is 29.9 Å². The Hall–Kier alpha value is -1.80. The molecule has 3 rings (SSSR count). The van der Waals surface area contributed by atoms with E-state index in [1.165, 1.54) is 11.3 Å². The van der Waals surface area contributed by atoms with Gasteiger partial charge in [-0.25, -0.2) is 13.4 Å². The van der Waals surface area contributed by atoms with E-state index in [0.29, 0.717) is 25.8 Å². The van der Waals surface area contributed by atoms with Crippen LogP contribution in [-0.4, -0.2) is 53.3 Å². The van der Waals surface area contributed by atoms with Gasteiger partial charge in [-0.1, -0.05) is 0 Å². The number of carbonyl (C=O) groups excluding carboxylic acids is 1. The molecule has 1 amide bonds. The van der Waals surface area contributed by atoms with Crippen LogP contribution in [0.4, 0.5) is 0 Å². The van der Waals surface area contributed by atoms with E-state index in [1.807, 2.05) is 24.4 Å². The van der Waals surface area contributed by atoms with Gasteiger partial charge in [-0.3, -0.25) is 9.78 Å². The molecule has 3 heterocycles. The van der Waals surface area contributed by atoms with Gasteiger partial charge in [-0.15, -0.1) is 11.3 Å². The number of aryl methyl sites for hydroxylation is 1. The van der Waals surface area contributed by atoms with Crippen molar-refractivity contribution in [2.45, 2.75) is 32.2 Å². The average molecular weight is 380 g/mol. The zero-order chi connectivity index (χ0) is 17.9. The number of thiazole rings is 1. The topological polar surface area (TPSA) is 80.2 Å². The van der Waals surface area contributed by atoms with Crippen LogP contribution < -0.4 is 0 Å². The molecule has 0 aromatic carbocycles. The van der Waals surface area contributed by atoms with Gasteiger partial charge < -0.3 is 4.90 Å². The molecule has 2 aromatic rings. The Morgan fingerprint density at radius 3 is 2.76 bits per heavy atom. The Balaban J connectivity index is 1.59. The summed E-state index contributed by atoms with van der Waals surface area (Å²) in [7, 11) is -2.99. The van der Waals surface area contributed by atoms with Crippen LogP contribution in [0.3, 0.4) is 0 Å².